The summed E-state index contributed by atoms with van der Waals surface area (Å²) < 4.78 is 25.6. The van der Waals surface area contributed by atoms with Crippen molar-refractivity contribution in [1.29, 1.82) is 0 Å². The number of carbonyl (C=O) groups is 1. The molecule has 0 radical (unpaired) electrons. The fraction of sp³-hybridized carbons (Fsp3) is 0.417. The number of amides is 1. The fourth-order valence-electron chi connectivity index (χ4n) is 1.34. The molecule has 1 rings (SSSR count). The van der Waals surface area contributed by atoms with Gasteiger partial charge in [0.1, 0.15) is 0 Å². The summed E-state index contributed by atoms with van der Waals surface area (Å²) in [7, 11) is -3.43. The first kappa shape index (κ1) is 16.8. The second-order valence-corrected chi connectivity index (χ2v) is 7.11. The van der Waals surface area contributed by atoms with Crippen LogP contribution in [0.4, 0.5) is 5.69 Å². The van der Waals surface area contributed by atoms with Gasteiger partial charge in [0.15, 0.2) is 0 Å². The molecule has 6 nitrogen and oxygen atoms in total. The lowest BCUT2D eigenvalue weighted by Crippen LogP contribution is -2.38. The minimum Gasteiger partial charge on any atom is -0.399 e. The maximum Gasteiger partial charge on any atom is 0.235 e. The number of anilines is 1. The molecule has 0 heterocycles. The highest BCUT2D eigenvalue weighted by atomic mass is 32.2. The summed E-state index contributed by atoms with van der Waals surface area (Å²) in [6.45, 7) is 2.03. The van der Waals surface area contributed by atoms with E-state index in [2.05, 4.69) is 10.0 Å². The molecule has 4 N–H and O–H groups in total. The highest BCUT2D eigenvalue weighted by Crippen LogP contribution is 2.19. The Kier molecular flexibility index (Phi) is 6.83. The van der Waals surface area contributed by atoms with Crippen LogP contribution in [-0.2, 0) is 14.8 Å². The molecule has 20 heavy (non-hydrogen) atoms. The van der Waals surface area contributed by atoms with Crippen molar-refractivity contribution in [2.24, 2.45) is 0 Å². The molecule has 8 heteroatoms. The Balaban J connectivity index is 2.32. The van der Waals surface area contributed by atoms with E-state index in [4.69, 9.17) is 5.73 Å². The van der Waals surface area contributed by atoms with E-state index in [0.717, 1.165) is 4.90 Å². The average molecular weight is 317 g/mol. The lowest BCUT2D eigenvalue weighted by molar-refractivity contribution is -0.119. The second kappa shape index (κ2) is 8.13. The Morgan fingerprint density at radius 3 is 2.55 bits per heavy atom. The Morgan fingerprint density at radius 2 is 1.95 bits per heavy atom. The van der Waals surface area contributed by atoms with Gasteiger partial charge >= 0.3 is 0 Å². The normalized spacial score (nSPS) is 11.2. The Bertz CT molecular complexity index is 529. The fourth-order valence-corrected chi connectivity index (χ4v) is 3.61. The molecule has 0 unspecified atom stereocenters. The molecule has 0 fully saturated rings. The Hall–Kier alpha value is -1.25. The third kappa shape index (κ3) is 6.78. The minimum atomic E-state index is -3.43. The van der Waals surface area contributed by atoms with Gasteiger partial charge in [-0.2, -0.15) is 0 Å². The summed E-state index contributed by atoms with van der Waals surface area (Å²) in [4.78, 5) is 12.1. The first-order valence-corrected chi connectivity index (χ1v) is 8.79. The van der Waals surface area contributed by atoms with Crippen LogP contribution in [0.5, 0.6) is 0 Å². The van der Waals surface area contributed by atoms with E-state index in [9.17, 15) is 13.2 Å². The molecule has 0 spiro atoms. The van der Waals surface area contributed by atoms with Crippen molar-refractivity contribution in [2.75, 3.05) is 30.3 Å². The SMILES string of the molecule is CCNC(=O)CNS(=O)(=O)CCSc1ccc(N)cc1. The van der Waals surface area contributed by atoms with Crippen molar-refractivity contribution in [3.05, 3.63) is 24.3 Å². The lowest BCUT2D eigenvalue weighted by Gasteiger charge is -2.06. The van der Waals surface area contributed by atoms with Crippen LogP contribution in [0.2, 0.25) is 0 Å². The second-order valence-electron chi connectivity index (χ2n) is 4.01. The van der Waals surface area contributed by atoms with Crippen molar-refractivity contribution in [1.82, 2.24) is 10.0 Å². The van der Waals surface area contributed by atoms with Gasteiger partial charge < -0.3 is 11.1 Å². The molecule has 1 aromatic carbocycles. The Labute approximate surface area is 123 Å². The number of benzene rings is 1. The predicted molar refractivity (Wildman–Crippen MR) is 82.1 cm³/mol. The number of hydrogen-bond donors (Lipinski definition) is 3. The number of hydrogen-bond acceptors (Lipinski definition) is 5. The third-order valence-corrected chi connectivity index (χ3v) is 4.93. The van der Waals surface area contributed by atoms with Gasteiger partial charge in [0, 0.05) is 22.9 Å². The average Bonchev–Trinajstić information content (AvgIpc) is 2.39. The number of nitrogens with two attached hydrogens (primary N) is 1. The molecular weight excluding hydrogens is 298 g/mol. The van der Waals surface area contributed by atoms with Gasteiger partial charge in [0.05, 0.1) is 12.3 Å². The van der Waals surface area contributed by atoms with Crippen molar-refractivity contribution in [3.63, 3.8) is 0 Å². The van der Waals surface area contributed by atoms with Crippen molar-refractivity contribution < 1.29 is 13.2 Å². The first-order chi connectivity index (χ1) is 9.43. The Morgan fingerprint density at radius 1 is 1.30 bits per heavy atom. The summed E-state index contributed by atoms with van der Waals surface area (Å²) in [5.41, 5.74) is 6.24. The predicted octanol–water partition coefficient (Wildman–Crippen LogP) is 0.416. The maximum atomic E-state index is 11.7. The van der Waals surface area contributed by atoms with Gasteiger partial charge in [-0.15, -0.1) is 11.8 Å². The molecule has 1 aromatic rings. The van der Waals surface area contributed by atoms with E-state index in [0.29, 0.717) is 18.0 Å². The van der Waals surface area contributed by atoms with Gasteiger partial charge in [0.25, 0.3) is 0 Å². The van der Waals surface area contributed by atoms with Crippen LogP contribution in [-0.4, -0.2) is 38.9 Å². The number of thioether (sulfide) groups is 1. The van der Waals surface area contributed by atoms with Gasteiger partial charge in [0.2, 0.25) is 15.9 Å². The molecule has 0 aliphatic carbocycles. The number of rotatable bonds is 8. The van der Waals surface area contributed by atoms with Gasteiger partial charge in [-0.3, -0.25) is 4.79 Å². The highest BCUT2D eigenvalue weighted by Gasteiger charge is 2.11. The zero-order valence-corrected chi connectivity index (χ0v) is 12.9. The molecule has 0 saturated heterocycles. The summed E-state index contributed by atoms with van der Waals surface area (Å²) in [6.07, 6.45) is 0. The maximum absolute atomic E-state index is 11.7. The van der Waals surface area contributed by atoms with Crippen LogP contribution < -0.4 is 15.8 Å². The van der Waals surface area contributed by atoms with E-state index >= 15 is 0 Å². The van der Waals surface area contributed by atoms with Crippen molar-refractivity contribution in [2.45, 2.75) is 11.8 Å². The third-order valence-electron chi connectivity index (χ3n) is 2.33. The van der Waals surface area contributed by atoms with E-state index < -0.39 is 10.0 Å². The molecule has 0 aliphatic rings. The zero-order valence-electron chi connectivity index (χ0n) is 11.3. The number of nitrogen functional groups attached to an aromatic ring is 1. The van der Waals surface area contributed by atoms with Crippen LogP contribution in [0, 0.1) is 0 Å². The number of nitrogens with one attached hydrogen (secondary N) is 2. The number of carbonyl (C=O) groups excluding carboxylic acids is 1. The molecule has 0 saturated carbocycles. The van der Waals surface area contributed by atoms with Gasteiger partial charge in [-0.05, 0) is 31.2 Å². The van der Waals surface area contributed by atoms with Crippen LogP contribution in [0.15, 0.2) is 29.2 Å². The quantitative estimate of drug-likeness (QED) is 0.476. The smallest absolute Gasteiger partial charge is 0.235 e. The number of likely N-dealkylation sites (N-methyl/N-ethyl adjacent to an activating group) is 1. The first-order valence-electron chi connectivity index (χ1n) is 6.15. The van der Waals surface area contributed by atoms with E-state index in [1.807, 2.05) is 12.1 Å². The summed E-state index contributed by atoms with van der Waals surface area (Å²) in [5, 5.41) is 2.52. The van der Waals surface area contributed by atoms with Crippen LogP contribution in [0.25, 0.3) is 0 Å². The highest BCUT2D eigenvalue weighted by molar-refractivity contribution is 8.00. The summed E-state index contributed by atoms with van der Waals surface area (Å²) >= 11 is 1.43. The molecule has 112 valence electrons. The molecule has 0 bridgehead atoms. The molecule has 1 amide bonds. The zero-order chi connectivity index (χ0) is 15.0. The van der Waals surface area contributed by atoms with E-state index in [1.54, 1.807) is 19.1 Å². The largest absolute Gasteiger partial charge is 0.399 e. The molecular formula is C12H19N3O3S2. The van der Waals surface area contributed by atoms with Gasteiger partial charge in [-0.1, -0.05) is 0 Å². The van der Waals surface area contributed by atoms with Gasteiger partial charge in [-0.25, -0.2) is 13.1 Å². The standard InChI is InChI=1S/C12H19N3O3S2/c1-2-14-12(16)9-15-20(17,18)8-7-19-11-5-3-10(13)4-6-11/h3-6,15H,2,7-9,13H2,1H3,(H,14,16). The monoisotopic (exact) mass is 317 g/mol. The van der Waals surface area contributed by atoms with Crippen LogP contribution in [0.1, 0.15) is 6.92 Å². The summed E-state index contributed by atoms with van der Waals surface area (Å²) in [6, 6.07) is 7.22. The molecule has 0 atom stereocenters. The molecule has 0 aliphatic heterocycles. The summed E-state index contributed by atoms with van der Waals surface area (Å²) in [5.74, 6) is 0.0399. The molecule has 0 aromatic heterocycles. The van der Waals surface area contributed by atoms with Crippen molar-refractivity contribution >= 4 is 33.4 Å². The van der Waals surface area contributed by atoms with E-state index in [-0.39, 0.29) is 18.2 Å². The minimum absolute atomic E-state index is 0.0402. The topological polar surface area (TPSA) is 101 Å². The van der Waals surface area contributed by atoms with Crippen LogP contribution >= 0.6 is 11.8 Å². The lowest BCUT2D eigenvalue weighted by atomic mass is 10.3. The number of sulfonamides is 1. The van der Waals surface area contributed by atoms with E-state index in [1.165, 1.54) is 11.8 Å². The van der Waals surface area contributed by atoms with Crippen molar-refractivity contribution in [3.8, 4) is 0 Å². The van der Waals surface area contributed by atoms with Crippen LogP contribution in [0.3, 0.4) is 0 Å².